The van der Waals surface area contributed by atoms with Gasteiger partial charge in [0.2, 0.25) is 5.95 Å². The minimum Gasteiger partial charge on any atom is -0.373 e. The van der Waals surface area contributed by atoms with Crippen LogP contribution in [0.5, 0.6) is 0 Å². The Morgan fingerprint density at radius 1 is 1.25 bits per heavy atom. The number of aliphatic hydroxyl groups is 1. The van der Waals surface area contributed by atoms with Crippen LogP contribution < -0.4 is 26.2 Å². The van der Waals surface area contributed by atoms with Crippen molar-refractivity contribution < 1.29 is 14.7 Å². The maximum absolute atomic E-state index is 12.1. The number of nitrogens with zero attached hydrogens (tertiary/aromatic N) is 5. The summed E-state index contributed by atoms with van der Waals surface area (Å²) in [6.07, 6.45) is 2.66. The molecular formula is C20H21N9O3. The minimum atomic E-state index is -0.914. The van der Waals surface area contributed by atoms with Crippen LogP contribution in [0.2, 0.25) is 0 Å². The highest BCUT2D eigenvalue weighted by Gasteiger charge is 2.55. The third-order valence-corrected chi connectivity index (χ3v) is 6.42. The highest BCUT2D eigenvalue weighted by molar-refractivity contribution is 6.09. The Kier molecular flexibility index (Phi) is 3.57. The first-order valence-corrected chi connectivity index (χ1v) is 10.2. The molecule has 2 saturated heterocycles. The largest absolute Gasteiger partial charge is 0.373 e. The first-order chi connectivity index (χ1) is 15.2. The number of nitrogens with one attached hydrogen (secondary N) is 4. The molecule has 0 aliphatic carbocycles. The number of amides is 3. The molecule has 1 atom stereocenters. The number of benzene rings is 1. The van der Waals surface area contributed by atoms with E-state index in [0.29, 0.717) is 30.5 Å². The molecule has 12 heteroatoms. The van der Waals surface area contributed by atoms with Gasteiger partial charge in [-0.2, -0.15) is 4.98 Å². The molecule has 1 unspecified atom stereocenters. The Balaban J connectivity index is 1.26. The van der Waals surface area contributed by atoms with Crippen molar-refractivity contribution in [3.63, 3.8) is 0 Å². The van der Waals surface area contributed by atoms with E-state index >= 15 is 0 Å². The molecule has 12 nitrogen and oxygen atoms in total. The molecule has 0 bridgehead atoms. The van der Waals surface area contributed by atoms with E-state index in [1.165, 1.54) is 0 Å². The van der Waals surface area contributed by atoms with Gasteiger partial charge < -0.3 is 26.0 Å². The lowest BCUT2D eigenvalue weighted by molar-refractivity contribution is -0.124. The molecule has 1 spiro atoms. The first-order valence-electron chi connectivity index (χ1n) is 10.2. The summed E-state index contributed by atoms with van der Waals surface area (Å²) in [5.41, 5.74) is 1.93. The van der Waals surface area contributed by atoms with E-state index in [2.05, 4.69) is 36.3 Å². The Labute approximate surface area is 182 Å². The second-order valence-corrected chi connectivity index (χ2v) is 8.95. The fourth-order valence-electron chi connectivity index (χ4n) is 4.49. The van der Waals surface area contributed by atoms with Gasteiger partial charge in [-0.15, -0.1) is 5.10 Å². The van der Waals surface area contributed by atoms with Gasteiger partial charge in [-0.25, -0.2) is 14.3 Å². The molecule has 3 amide bonds. The smallest absolute Gasteiger partial charge is 0.322 e. The number of anilines is 4. The molecule has 3 aliphatic heterocycles. The Morgan fingerprint density at radius 3 is 2.81 bits per heavy atom. The molecule has 164 valence electrons. The van der Waals surface area contributed by atoms with Crippen molar-refractivity contribution >= 4 is 40.7 Å². The number of imide groups is 1. The number of fused-ring (bicyclic) bond motifs is 2. The molecule has 2 fully saturated rings. The average Bonchev–Trinajstić information content (AvgIpc) is 3.32. The van der Waals surface area contributed by atoms with Crippen molar-refractivity contribution in [3.05, 3.63) is 36.2 Å². The highest BCUT2D eigenvalue weighted by Crippen LogP contribution is 2.41. The fraction of sp³-hybridized carbons (Fsp3) is 0.350. The van der Waals surface area contributed by atoms with Gasteiger partial charge in [-0.1, -0.05) is 19.9 Å². The van der Waals surface area contributed by atoms with Gasteiger partial charge >= 0.3 is 6.03 Å². The molecule has 0 radical (unpaired) electrons. The number of hydrogen-bond donors (Lipinski definition) is 5. The van der Waals surface area contributed by atoms with Crippen molar-refractivity contribution in [1.29, 1.82) is 0 Å². The third kappa shape index (κ3) is 2.56. The normalized spacial score (nSPS) is 22.3. The van der Waals surface area contributed by atoms with Crippen LogP contribution in [-0.2, 0) is 10.2 Å². The predicted molar refractivity (Wildman–Crippen MR) is 115 cm³/mol. The van der Waals surface area contributed by atoms with E-state index in [1.54, 1.807) is 16.9 Å². The monoisotopic (exact) mass is 435 g/mol. The molecular weight excluding hydrogens is 414 g/mol. The van der Waals surface area contributed by atoms with Gasteiger partial charge in [0, 0.05) is 29.2 Å². The van der Waals surface area contributed by atoms with Crippen LogP contribution in [0.4, 0.5) is 27.9 Å². The van der Waals surface area contributed by atoms with Gasteiger partial charge in [-0.3, -0.25) is 10.1 Å². The van der Waals surface area contributed by atoms with Crippen LogP contribution in [0.3, 0.4) is 0 Å². The summed E-state index contributed by atoms with van der Waals surface area (Å²) in [6, 6.07) is 5.34. The van der Waals surface area contributed by atoms with E-state index in [-0.39, 0.29) is 11.3 Å². The first kappa shape index (κ1) is 18.8. The molecule has 0 saturated carbocycles. The Hall–Kier alpha value is -3.93. The number of rotatable bonds is 3. The van der Waals surface area contributed by atoms with Crippen LogP contribution in [0, 0.1) is 0 Å². The zero-order valence-electron chi connectivity index (χ0n) is 17.4. The molecule has 3 aliphatic rings. The van der Waals surface area contributed by atoms with Crippen molar-refractivity contribution in [2.75, 3.05) is 28.6 Å². The highest BCUT2D eigenvalue weighted by atomic mass is 16.3. The van der Waals surface area contributed by atoms with Gasteiger partial charge in [0.15, 0.2) is 17.0 Å². The maximum atomic E-state index is 12.1. The number of carbonyl (C=O) groups is 2. The predicted octanol–water partition coefficient (Wildman–Crippen LogP) is 0.288. The van der Waals surface area contributed by atoms with E-state index in [0.717, 1.165) is 16.9 Å². The van der Waals surface area contributed by atoms with Crippen molar-refractivity contribution in [2.45, 2.75) is 31.0 Å². The number of aromatic nitrogens is 4. The van der Waals surface area contributed by atoms with Gasteiger partial charge in [0.05, 0.1) is 13.1 Å². The summed E-state index contributed by atoms with van der Waals surface area (Å²) in [6.45, 7) is 4.59. The molecule has 5 heterocycles. The standard InChI is InChI=1S/C20H21N9O3/c1-19(2)11-4-3-10(7-12(11)23-15(19)30)22-17-24-14-13(21-5-6-29(14)27-17)28-8-20(9-28)16(31)25-18(32)26-20/h3-7,15,23,30H,8-9H2,1-2H3,(H,22,27)(H2,25,26,31,32). The molecule has 2 aromatic heterocycles. The summed E-state index contributed by atoms with van der Waals surface area (Å²) in [7, 11) is 0. The van der Waals surface area contributed by atoms with Crippen molar-refractivity contribution in [3.8, 4) is 0 Å². The fourth-order valence-corrected chi connectivity index (χ4v) is 4.49. The average molecular weight is 435 g/mol. The third-order valence-electron chi connectivity index (χ3n) is 6.42. The van der Waals surface area contributed by atoms with Crippen molar-refractivity contribution in [1.82, 2.24) is 30.2 Å². The zero-order chi connectivity index (χ0) is 22.3. The topological polar surface area (TPSA) is 149 Å². The summed E-state index contributed by atoms with van der Waals surface area (Å²) >= 11 is 0. The Bertz CT molecular complexity index is 1290. The summed E-state index contributed by atoms with van der Waals surface area (Å²) in [5, 5.41) is 26.0. The van der Waals surface area contributed by atoms with Gasteiger partial charge in [-0.05, 0) is 17.7 Å². The SMILES string of the molecule is CC1(C)c2ccc(Nc3nc4c(N5CC6(C5)NC(=O)NC6=O)nccn4n3)cc2NC1O. The molecule has 1 aromatic carbocycles. The van der Waals surface area contributed by atoms with Crippen LogP contribution in [-0.4, -0.2) is 61.5 Å². The van der Waals surface area contributed by atoms with Crippen molar-refractivity contribution in [2.24, 2.45) is 0 Å². The van der Waals surface area contributed by atoms with Crippen LogP contribution in [0.15, 0.2) is 30.6 Å². The van der Waals surface area contributed by atoms with E-state index < -0.39 is 17.8 Å². The zero-order valence-corrected chi connectivity index (χ0v) is 17.4. The lowest BCUT2D eigenvalue weighted by Gasteiger charge is -2.45. The maximum Gasteiger partial charge on any atom is 0.322 e. The lowest BCUT2D eigenvalue weighted by Crippen LogP contribution is -2.71. The van der Waals surface area contributed by atoms with Crippen LogP contribution >= 0.6 is 0 Å². The summed E-state index contributed by atoms with van der Waals surface area (Å²) in [5.74, 6) is 0.639. The van der Waals surface area contributed by atoms with Crippen LogP contribution in [0.25, 0.3) is 5.65 Å². The summed E-state index contributed by atoms with van der Waals surface area (Å²) in [4.78, 5) is 34.4. The minimum absolute atomic E-state index is 0.307. The molecule has 5 N–H and O–H groups in total. The number of hydrogen-bond acceptors (Lipinski definition) is 9. The number of aliphatic hydroxyl groups excluding tert-OH is 1. The second-order valence-electron chi connectivity index (χ2n) is 8.95. The Morgan fingerprint density at radius 2 is 2.06 bits per heavy atom. The molecule has 6 rings (SSSR count). The van der Waals surface area contributed by atoms with Gasteiger partial charge in [0.25, 0.3) is 5.91 Å². The lowest BCUT2D eigenvalue weighted by atomic mass is 9.85. The number of carbonyl (C=O) groups excluding carboxylic acids is 2. The second kappa shape index (κ2) is 6.07. The summed E-state index contributed by atoms with van der Waals surface area (Å²) < 4.78 is 1.61. The van der Waals surface area contributed by atoms with E-state index in [4.69, 9.17) is 0 Å². The molecule has 3 aromatic rings. The number of urea groups is 1. The van der Waals surface area contributed by atoms with Crippen LogP contribution in [0.1, 0.15) is 19.4 Å². The quantitative estimate of drug-likeness (QED) is 0.366. The molecule has 32 heavy (non-hydrogen) atoms. The van der Waals surface area contributed by atoms with Gasteiger partial charge in [0.1, 0.15) is 6.23 Å². The van der Waals surface area contributed by atoms with E-state index in [1.807, 2.05) is 36.9 Å². The van der Waals surface area contributed by atoms with E-state index in [9.17, 15) is 14.7 Å².